The van der Waals surface area contributed by atoms with Crippen LogP contribution in [0.15, 0.2) is 70.3 Å². The molecule has 1 atom stereocenters. The molecule has 6 nitrogen and oxygen atoms in total. The smallest absolute Gasteiger partial charge is 0.261 e. The predicted octanol–water partition coefficient (Wildman–Crippen LogP) is 4.24. The van der Waals surface area contributed by atoms with Crippen molar-refractivity contribution >= 4 is 44.6 Å². The molecule has 0 fully saturated rings. The van der Waals surface area contributed by atoms with Gasteiger partial charge in [-0.2, -0.15) is 11.3 Å². The van der Waals surface area contributed by atoms with E-state index in [1.165, 1.54) is 18.2 Å². The Morgan fingerprint density at radius 2 is 1.90 bits per heavy atom. The summed E-state index contributed by atoms with van der Waals surface area (Å²) >= 11 is 7.52. The number of carbonyl (C=O) groups excluding carboxylic acids is 1. The molecule has 0 aliphatic heterocycles. The molecule has 0 radical (unpaired) electrons. The van der Waals surface area contributed by atoms with Gasteiger partial charge in [0, 0.05) is 17.1 Å². The molecular weight excluding hydrogens is 442 g/mol. The first-order valence-electron chi connectivity index (χ1n) is 9.11. The van der Waals surface area contributed by atoms with Crippen molar-refractivity contribution in [2.45, 2.75) is 10.9 Å². The first-order chi connectivity index (χ1) is 14.3. The molecule has 1 unspecified atom stereocenters. The van der Waals surface area contributed by atoms with E-state index in [9.17, 15) is 13.2 Å². The highest BCUT2D eigenvalue weighted by molar-refractivity contribution is 7.92. The maximum atomic E-state index is 12.7. The fraction of sp³-hybridized carbons (Fsp3) is 0.190. The second-order valence-electron chi connectivity index (χ2n) is 6.89. The second kappa shape index (κ2) is 9.61. The van der Waals surface area contributed by atoms with Crippen LogP contribution in [-0.4, -0.2) is 39.9 Å². The lowest BCUT2D eigenvalue weighted by atomic mass is 10.1. The molecule has 3 aromatic rings. The molecule has 3 rings (SSSR count). The standard InChI is InChI=1S/C21H22ClN3O3S2/c1-25(2)20(16-9-10-29-14-16)13-23-21(26)15-5-3-8-19(11-15)30(27,28)24-18-7-4-6-17(22)12-18/h3-12,14,20,24H,13H2,1-2H3,(H,23,26). The number of benzene rings is 2. The number of carbonyl (C=O) groups is 1. The minimum Gasteiger partial charge on any atom is -0.350 e. The zero-order valence-electron chi connectivity index (χ0n) is 16.5. The van der Waals surface area contributed by atoms with Crippen molar-refractivity contribution in [3.63, 3.8) is 0 Å². The number of nitrogens with one attached hydrogen (secondary N) is 2. The lowest BCUT2D eigenvalue weighted by molar-refractivity contribution is 0.0941. The highest BCUT2D eigenvalue weighted by Gasteiger charge is 2.19. The second-order valence-corrected chi connectivity index (χ2v) is 9.79. The Morgan fingerprint density at radius 3 is 2.57 bits per heavy atom. The summed E-state index contributed by atoms with van der Waals surface area (Å²) in [6, 6.07) is 14.4. The van der Waals surface area contributed by atoms with Crippen LogP contribution in [0.5, 0.6) is 0 Å². The molecule has 158 valence electrons. The van der Waals surface area contributed by atoms with Gasteiger partial charge >= 0.3 is 0 Å². The van der Waals surface area contributed by atoms with Crippen molar-refractivity contribution < 1.29 is 13.2 Å². The van der Waals surface area contributed by atoms with E-state index in [1.54, 1.807) is 41.7 Å². The third-order valence-electron chi connectivity index (χ3n) is 4.49. The quantitative estimate of drug-likeness (QED) is 0.523. The Morgan fingerprint density at radius 1 is 1.13 bits per heavy atom. The number of hydrogen-bond donors (Lipinski definition) is 2. The predicted molar refractivity (Wildman–Crippen MR) is 122 cm³/mol. The number of rotatable bonds is 8. The highest BCUT2D eigenvalue weighted by Crippen LogP contribution is 2.22. The van der Waals surface area contributed by atoms with Crippen LogP contribution >= 0.6 is 22.9 Å². The number of sulfonamides is 1. The summed E-state index contributed by atoms with van der Waals surface area (Å²) in [6.45, 7) is 0.403. The first-order valence-corrected chi connectivity index (χ1v) is 11.9. The molecule has 0 saturated heterocycles. The van der Waals surface area contributed by atoms with Crippen LogP contribution < -0.4 is 10.0 Å². The van der Waals surface area contributed by atoms with Gasteiger partial charge in [0.25, 0.3) is 15.9 Å². The SMILES string of the molecule is CN(C)C(CNC(=O)c1cccc(S(=O)(=O)Nc2cccc(Cl)c2)c1)c1ccsc1. The van der Waals surface area contributed by atoms with Gasteiger partial charge in [-0.1, -0.05) is 23.7 Å². The molecule has 0 aliphatic carbocycles. The van der Waals surface area contributed by atoms with Gasteiger partial charge in [0.15, 0.2) is 0 Å². The summed E-state index contributed by atoms with van der Waals surface area (Å²) in [5.41, 5.74) is 1.74. The van der Waals surface area contributed by atoms with Crippen LogP contribution in [0.1, 0.15) is 22.0 Å². The number of anilines is 1. The van der Waals surface area contributed by atoms with Gasteiger partial charge in [0.05, 0.1) is 16.6 Å². The number of likely N-dealkylation sites (N-methyl/N-ethyl adjacent to an activating group) is 1. The van der Waals surface area contributed by atoms with Crippen molar-refractivity contribution in [2.24, 2.45) is 0 Å². The van der Waals surface area contributed by atoms with Gasteiger partial charge < -0.3 is 10.2 Å². The van der Waals surface area contributed by atoms with Crippen LogP contribution in [0.3, 0.4) is 0 Å². The minimum atomic E-state index is -3.86. The fourth-order valence-corrected chi connectivity index (χ4v) is 4.92. The average Bonchev–Trinajstić information content (AvgIpc) is 3.22. The third-order valence-corrected chi connectivity index (χ3v) is 6.81. The molecule has 30 heavy (non-hydrogen) atoms. The number of thiophene rings is 1. The molecule has 1 amide bonds. The van der Waals surface area contributed by atoms with Gasteiger partial charge in [0.2, 0.25) is 0 Å². The number of amides is 1. The summed E-state index contributed by atoms with van der Waals surface area (Å²) in [5.74, 6) is -0.336. The van der Waals surface area contributed by atoms with Crippen LogP contribution in [0.2, 0.25) is 5.02 Å². The highest BCUT2D eigenvalue weighted by atomic mass is 35.5. The fourth-order valence-electron chi connectivity index (χ4n) is 2.93. The van der Waals surface area contributed by atoms with Crippen molar-refractivity contribution in [3.05, 3.63) is 81.5 Å². The van der Waals surface area contributed by atoms with Crippen LogP contribution in [0, 0.1) is 0 Å². The van der Waals surface area contributed by atoms with Gasteiger partial charge in [-0.05, 0) is 72.9 Å². The molecule has 0 bridgehead atoms. The van der Waals surface area contributed by atoms with Crippen LogP contribution in [0.25, 0.3) is 0 Å². The zero-order valence-corrected chi connectivity index (χ0v) is 18.9. The summed E-state index contributed by atoms with van der Waals surface area (Å²) in [6.07, 6.45) is 0. The lowest BCUT2D eigenvalue weighted by Crippen LogP contribution is -2.34. The Bertz CT molecular complexity index is 1120. The zero-order chi connectivity index (χ0) is 21.7. The molecule has 9 heteroatoms. The van der Waals surface area contributed by atoms with E-state index >= 15 is 0 Å². The monoisotopic (exact) mass is 463 g/mol. The van der Waals surface area contributed by atoms with E-state index in [4.69, 9.17) is 11.6 Å². The molecular formula is C21H22ClN3O3S2. The first kappa shape index (κ1) is 22.3. The van der Waals surface area contributed by atoms with Gasteiger partial charge in [0.1, 0.15) is 0 Å². The van der Waals surface area contributed by atoms with Crippen molar-refractivity contribution in [3.8, 4) is 0 Å². The van der Waals surface area contributed by atoms with E-state index in [1.807, 2.05) is 35.8 Å². The maximum Gasteiger partial charge on any atom is 0.261 e. The Labute approximate surface area is 185 Å². The lowest BCUT2D eigenvalue weighted by Gasteiger charge is -2.24. The number of hydrogen-bond acceptors (Lipinski definition) is 5. The summed E-state index contributed by atoms with van der Waals surface area (Å²) in [4.78, 5) is 14.7. The van der Waals surface area contributed by atoms with Crippen LogP contribution in [-0.2, 0) is 10.0 Å². The number of nitrogens with zero attached hydrogens (tertiary/aromatic N) is 1. The summed E-state index contributed by atoms with van der Waals surface area (Å²) < 4.78 is 27.9. The molecule has 0 saturated carbocycles. The molecule has 2 N–H and O–H groups in total. The van der Waals surface area contributed by atoms with Gasteiger partial charge in [-0.15, -0.1) is 0 Å². The minimum absolute atomic E-state index is 0.00267. The van der Waals surface area contributed by atoms with E-state index < -0.39 is 10.0 Å². The average molecular weight is 464 g/mol. The Hall–Kier alpha value is -2.39. The molecule has 1 aromatic heterocycles. The van der Waals surface area contributed by atoms with E-state index in [-0.39, 0.29) is 22.4 Å². The Kier molecular flexibility index (Phi) is 7.14. The van der Waals surface area contributed by atoms with Crippen LogP contribution in [0.4, 0.5) is 5.69 Å². The van der Waals surface area contributed by atoms with E-state index in [2.05, 4.69) is 10.0 Å². The summed E-state index contributed by atoms with van der Waals surface area (Å²) in [7, 11) is 0.0334. The Balaban J connectivity index is 1.73. The van der Waals surface area contributed by atoms with Crippen molar-refractivity contribution in [1.29, 1.82) is 0 Å². The molecule has 0 spiro atoms. The van der Waals surface area contributed by atoms with Gasteiger partial charge in [-0.3, -0.25) is 9.52 Å². The molecule has 2 aromatic carbocycles. The number of halogens is 1. The topological polar surface area (TPSA) is 78.5 Å². The third kappa shape index (κ3) is 5.60. The van der Waals surface area contributed by atoms with E-state index in [0.717, 1.165) is 5.56 Å². The molecule has 0 aliphatic rings. The largest absolute Gasteiger partial charge is 0.350 e. The van der Waals surface area contributed by atoms with Crippen molar-refractivity contribution in [1.82, 2.24) is 10.2 Å². The normalized spacial score (nSPS) is 12.5. The maximum absolute atomic E-state index is 12.7. The summed E-state index contributed by atoms with van der Waals surface area (Å²) in [5, 5.41) is 7.36. The van der Waals surface area contributed by atoms with E-state index in [0.29, 0.717) is 17.3 Å². The molecule has 1 heterocycles. The van der Waals surface area contributed by atoms with Crippen molar-refractivity contribution in [2.75, 3.05) is 25.4 Å². The van der Waals surface area contributed by atoms with Gasteiger partial charge in [-0.25, -0.2) is 8.42 Å².